The van der Waals surface area contributed by atoms with Crippen LogP contribution in [0.2, 0.25) is 0 Å². The van der Waals surface area contributed by atoms with Crippen LogP contribution < -0.4 is 21.8 Å². The van der Waals surface area contributed by atoms with Gasteiger partial charge >= 0.3 is 0 Å². The second-order valence-electron chi connectivity index (χ2n) is 6.37. The smallest absolute Gasteiger partial charge is 0.259 e. The van der Waals surface area contributed by atoms with E-state index in [1.165, 1.54) is 0 Å². The molecule has 0 aliphatic heterocycles. The van der Waals surface area contributed by atoms with Crippen molar-refractivity contribution in [1.29, 1.82) is 0 Å². The second-order valence-corrected chi connectivity index (χ2v) is 6.37. The van der Waals surface area contributed by atoms with Gasteiger partial charge in [-0.3, -0.25) is 9.59 Å². The topological polar surface area (TPSA) is 100 Å². The van der Waals surface area contributed by atoms with E-state index in [4.69, 9.17) is 16.2 Å². The Kier molecular flexibility index (Phi) is 4.95. The number of hydrogen-bond donors (Lipinski definition) is 2. The third-order valence-corrected chi connectivity index (χ3v) is 4.83. The van der Waals surface area contributed by atoms with E-state index in [0.29, 0.717) is 58.5 Å². The van der Waals surface area contributed by atoms with Crippen molar-refractivity contribution >= 4 is 34.7 Å². The molecular weight excluding hydrogens is 366 g/mol. The summed E-state index contributed by atoms with van der Waals surface area (Å²) in [6.45, 7) is 0.904. The van der Waals surface area contributed by atoms with Gasteiger partial charge in [0.2, 0.25) is 0 Å². The van der Waals surface area contributed by atoms with Crippen LogP contribution in [-0.4, -0.2) is 24.0 Å². The van der Waals surface area contributed by atoms with Crippen LogP contribution in [0, 0.1) is 0 Å². The van der Waals surface area contributed by atoms with Gasteiger partial charge in [-0.1, -0.05) is 6.07 Å². The fourth-order valence-corrected chi connectivity index (χ4v) is 3.62. The van der Waals surface area contributed by atoms with E-state index in [1.54, 1.807) is 42.0 Å². The van der Waals surface area contributed by atoms with Gasteiger partial charge in [-0.2, -0.15) is 0 Å². The first-order valence-corrected chi connectivity index (χ1v) is 8.46. The number of aromatic nitrogens is 1. The van der Waals surface area contributed by atoms with Crippen molar-refractivity contribution in [2.75, 3.05) is 19.4 Å². The molecule has 0 spiro atoms. The van der Waals surface area contributed by atoms with E-state index >= 15 is 0 Å². The molecule has 0 unspecified atom stereocenters. The highest BCUT2D eigenvalue weighted by Gasteiger charge is 2.32. The lowest BCUT2D eigenvalue weighted by Crippen LogP contribution is -2.24. The summed E-state index contributed by atoms with van der Waals surface area (Å²) in [6.07, 6.45) is 0.639. The summed E-state index contributed by atoms with van der Waals surface area (Å²) in [5.74, 6) is 0.500. The van der Waals surface area contributed by atoms with Gasteiger partial charge < -0.3 is 20.8 Å². The summed E-state index contributed by atoms with van der Waals surface area (Å²) in [5.41, 5.74) is 14.4. The normalized spacial score (nSPS) is 11.9. The van der Waals surface area contributed by atoms with Crippen molar-refractivity contribution in [2.45, 2.75) is 13.0 Å². The molecule has 0 radical (unpaired) electrons. The monoisotopic (exact) mass is 385 g/mol. The van der Waals surface area contributed by atoms with E-state index in [0.717, 1.165) is 5.56 Å². The van der Waals surface area contributed by atoms with Crippen LogP contribution in [-0.2, 0) is 6.54 Å². The van der Waals surface area contributed by atoms with Crippen LogP contribution in [0.4, 0.5) is 5.69 Å². The molecule has 0 atom stereocenters. The lowest BCUT2D eigenvalue weighted by molar-refractivity contribution is 0.104. The number of pyridine rings is 1. The number of halogens is 1. The molecule has 4 N–H and O–H groups in total. The third kappa shape index (κ3) is 2.78. The quantitative estimate of drug-likeness (QED) is 0.526. The molecule has 1 aliphatic rings. The van der Waals surface area contributed by atoms with Gasteiger partial charge in [0.05, 0.1) is 18.4 Å². The molecule has 0 bridgehead atoms. The van der Waals surface area contributed by atoms with Crippen LogP contribution in [0.25, 0.3) is 22.0 Å². The van der Waals surface area contributed by atoms with Gasteiger partial charge in [0.25, 0.3) is 5.56 Å². The molecule has 1 heterocycles. The first-order valence-electron chi connectivity index (χ1n) is 8.46. The summed E-state index contributed by atoms with van der Waals surface area (Å²) in [7, 11) is 1.56. The summed E-state index contributed by atoms with van der Waals surface area (Å²) < 4.78 is 6.91. The van der Waals surface area contributed by atoms with Gasteiger partial charge in [-0.05, 0) is 43.3 Å². The molecule has 7 heteroatoms. The van der Waals surface area contributed by atoms with Crippen molar-refractivity contribution < 1.29 is 9.53 Å². The fraction of sp³-hybridized carbons (Fsp3) is 0.200. The summed E-state index contributed by atoms with van der Waals surface area (Å²) in [5, 5.41) is 1.08. The first-order chi connectivity index (χ1) is 12.6. The average Bonchev–Trinajstić information content (AvgIpc) is 2.94. The molecule has 1 aromatic heterocycles. The Hall–Kier alpha value is -2.83. The highest BCUT2D eigenvalue weighted by atomic mass is 35.5. The Morgan fingerprint density at radius 3 is 2.52 bits per heavy atom. The third-order valence-electron chi connectivity index (χ3n) is 4.83. The molecule has 0 saturated heterocycles. The average molecular weight is 386 g/mol. The molecule has 27 heavy (non-hydrogen) atoms. The zero-order chi connectivity index (χ0) is 18.4. The molecule has 4 rings (SSSR count). The summed E-state index contributed by atoms with van der Waals surface area (Å²) in [4.78, 5) is 26.3. The highest BCUT2D eigenvalue weighted by molar-refractivity contribution is 6.27. The van der Waals surface area contributed by atoms with Crippen molar-refractivity contribution in [2.24, 2.45) is 5.73 Å². The Bertz CT molecular complexity index is 1120. The molecule has 140 valence electrons. The Morgan fingerprint density at radius 2 is 1.81 bits per heavy atom. The van der Waals surface area contributed by atoms with Crippen molar-refractivity contribution in [1.82, 2.24) is 4.57 Å². The van der Waals surface area contributed by atoms with E-state index < -0.39 is 0 Å². The lowest BCUT2D eigenvalue weighted by atomic mass is 10.0. The predicted octanol–water partition coefficient (Wildman–Crippen LogP) is 2.57. The van der Waals surface area contributed by atoms with Crippen LogP contribution >= 0.6 is 12.4 Å². The number of ether oxygens (including phenoxy) is 1. The van der Waals surface area contributed by atoms with Gasteiger partial charge in [-0.15, -0.1) is 12.4 Å². The summed E-state index contributed by atoms with van der Waals surface area (Å²) >= 11 is 0. The number of rotatable bonds is 4. The molecule has 1 aliphatic carbocycles. The van der Waals surface area contributed by atoms with E-state index in [-0.39, 0.29) is 23.7 Å². The number of nitrogens with two attached hydrogens (primary N) is 2. The van der Waals surface area contributed by atoms with E-state index in [9.17, 15) is 9.59 Å². The zero-order valence-corrected chi connectivity index (χ0v) is 15.6. The molecule has 0 saturated carbocycles. The number of hydrogen-bond acceptors (Lipinski definition) is 5. The van der Waals surface area contributed by atoms with Gasteiger partial charge in [-0.25, -0.2) is 0 Å². The molecule has 2 aromatic carbocycles. The largest absolute Gasteiger partial charge is 0.497 e. The van der Waals surface area contributed by atoms with Crippen molar-refractivity contribution in [3.63, 3.8) is 0 Å². The summed E-state index contributed by atoms with van der Waals surface area (Å²) in [6, 6.07) is 10.4. The first kappa shape index (κ1) is 18.9. The van der Waals surface area contributed by atoms with Crippen molar-refractivity contribution in [3.05, 3.63) is 57.9 Å². The van der Waals surface area contributed by atoms with Crippen LogP contribution in [0.15, 0.2) is 41.2 Å². The van der Waals surface area contributed by atoms with Gasteiger partial charge in [0.1, 0.15) is 5.75 Å². The molecule has 6 nitrogen and oxygen atoms in total. The van der Waals surface area contributed by atoms with Crippen LogP contribution in [0.3, 0.4) is 0 Å². The maximum absolute atomic E-state index is 13.2. The minimum absolute atomic E-state index is 0. The Labute approximate surface area is 162 Å². The Balaban J connectivity index is 0.00000210. The maximum Gasteiger partial charge on any atom is 0.259 e. The second kappa shape index (κ2) is 7.06. The number of anilines is 1. The highest BCUT2D eigenvalue weighted by Crippen LogP contribution is 2.41. The van der Waals surface area contributed by atoms with Crippen LogP contribution in [0.5, 0.6) is 5.75 Å². The fourth-order valence-electron chi connectivity index (χ4n) is 3.62. The standard InChI is InChI=1S/C20H19N3O3.ClH/c1-26-12-4-6-14-15(10-12)19(24)17-13-5-3-11(22)9-16(13)20(25)23(18(14)17)8-2-7-21;/h3-6,9-10H,2,7-8,21-22H2,1H3;1H. The number of fused-ring (bicyclic) bond motifs is 5. The lowest BCUT2D eigenvalue weighted by Gasteiger charge is -2.15. The van der Waals surface area contributed by atoms with Crippen LogP contribution in [0.1, 0.15) is 22.3 Å². The zero-order valence-electron chi connectivity index (χ0n) is 14.8. The van der Waals surface area contributed by atoms with Gasteiger partial charge in [0, 0.05) is 34.1 Å². The molecular formula is C20H20ClN3O3. The number of ketones is 1. The minimum atomic E-state index is -0.157. The predicted molar refractivity (Wildman–Crippen MR) is 109 cm³/mol. The molecule has 3 aromatic rings. The van der Waals surface area contributed by atoms with E-state index in [2.05, 4.69) is 0 Å². The minimum Gasteiger partial charge on any atom is -0.497 e. The molecule has 0 amide bonds. The maximum atomic E-state index is 13.2. The molecule has 0 fully saturated rings. The van der Waals surface area contributed by atoms with Crippen molar-refractivity contribution in [3.8, 4) is 17.0 Å². The number of carbonyl (C=O) groups excluding carboxylic acids is 1. The number of carbonyl (C=O) groups is 1. The number of nitrogens with zero attached hydrogens (tertiary/aromatic N) is 1. The SMILES string of the molecule is COc1ccc2c(c1)C(=O)c1c-2n(CCCN)c(=O)c2cc(N)ccc12.Cl. The number of benzene rings is 2. The Morgan fingerprint density at radius 1 is 1.04 bits per heavy atom. The number of methoxy groups -OCH3 is 1. The van der Waals surface area contributed by atoms with Gasteiger partial charge in [0.15, 0.2) is 5.78 Å². The van der Waals surface area contributed by atoms with E-state index in [1.807, 2.05) is 6.07 Å². The number of nitrogen functional groups attached to an aromatic ring is 1.